The minimum atomic E-state index is -2.71. The van der Waals surface area contributed by atoms with Crippen molar-refractivity contribution < 1.29 is 13.3 Å². The Kier molecular flexibility index (Phi) is 1.54. The van der Waals surface area contributed by atoms with Crippen molar-refractivity contribution in [3.8, 4) is 0 Å². The van der Waals surface area contributed by atoms with Crippen molar-refractivity contribution in [2.24, 2.45) is 0 Å². The molecule has 13 heavy (non-hydrogen) atoms. The summed E-state index contributed by atoms with van der Waals surface area (Å²) in [6.07, 6.45) is 0.982. The Morgan fingerprint density at radius 2 is 2.15 bits per heavy atom. The Morgan fingerprint density at radius 3 is 2.46 bits per heavy atom. The van der Waals surface area contributed by atoms with E-state index in [1.165, 1.54) is 0 Å². The molecule has 0 aromatic carbocycles. The van der Waals surface area contributed by atoms with Gasteiger partial charge in [-0.2, -0.15) is 0 Å². The molecule has 0 bridgehead atoms. The highest BCUT2D eigenvalue weighted by Crippen LogP contribution is 2.58. The van der Waals surface area contributed by atoms with E-state index in [0.29, 0.717) is 24.3 Å². The molecule has 0 unspecified atom stereocenters. The number of hydrogen-bond donors (Lipinski definition) is 0. The average Bonchev–Trinajstić information content (AvgIpc) is 2.70. The molecular formula is C9H11F2NO. The summed E-state index contributed by atoms with van der Waals surface area (Å²) < 4.78 is 31.2. The zero-order valence-electron chi connectivity index (χ0n) is 7.60. The van der Waals surface area contributed by atoms with Gasteiger partial charge in [0.15, 0.2) is 0 Å². The third-order valence-corrected chi connectivity index (χ3v) is 2.69. The van der Waals surface area contributed by atoms with Gasteiger partial charge in [0, 0.05) is 13.0 Å². The summed E-state index contributed by atoms with van der Waals surface area (Å²) in [6.45, 7) is 2.68. The molecule has 1 aromatic rings. The maximum absolute atomic E-state index is 13.2. The van der Waals surface area contributed by atoms with Gasteiger partial charge in [0.05, 0.1) is 11.1 Å². The first-order valence-corrected chi connectivity index (χ1v) is 4.27. The Hall–Kier alpha value is -0.930. The Balaban J connectivity index is 2.36. The van der Waals surface area contributed by atoms with Crippen molar-refractivity contribution >= 4 is 0 Å². The molecule has 1 saturated carbocycles. The molecule has 0 spiro atoms. The standard InChI is InChI=1S/C9H11F2NO/c1-6-5-7(13-12-6)9(3-4-9)8(2,10)11/h5H,3-4H2,1-2H3. The molecule has 0 radical (unpaired) electrons. The van der Waals surface area contributed by atoms with E-state index in [1.54, 1.807) is 13.0 Å². The van der Waals surface area contributed by atoms with Crippen LogP contribution in [-0.4, -0.2) is 11.1 Å². The Bertz CT molecular complexity index is 323. The zero-order valence-corrected chi connectivity index (χ0v) is 7.60. The van der Waals surface area contributed by atoms with Crippen LogP contribution in [0.2, 0.25) is 0 Å². The SMILES string of the molecule is Cc1cc(C2(C(C)(F)F)CC2)on1. The summed E-state index contributed by atoms with van der Waals surface area (Å²) in [5, 5.41) is 3.63. The fourth-order valence-electron chi connectivity index (χ4n) is 1.62. The van der Waals surface area contributed by atoms with Crippen LogP contribution in [0, 0.1) is 6.92 Å². The van der Waals surface area contributed by atoms with Crippen molar-refractivity contribution in [1.82, 2.24) is 5.16 Å². The first-order valence-electron chi connectivity index (χ1n) is 4.27. The van der Waals surface area contributed by atoms with Crippen LogP contribution in [0.1, 0.15) is 31.2 Å². The maximum atomic E-state index is 13.2. The maximum Gasteiger partial charge on any atom is 0.258 e. The molecule has 1 heterocycles. The van der Waals surface area contributed by atoms with Gasteiger partial charge in [-0.05, 0) is 19.8 Å². The number of aromatic nitrogens is 1. The number of hydrogen-bond acceptors (Lipinski definition) is 2. The highest BCUT2D eigenvalue weighted by Gasteiger charge is 2.62. The molecule has 1 aromatic heterocycles. The van der Waals surface area contributed by atoms with Gasteiger partial charge in [0.25, 0.3) is 5.92 Å². The van der Waals surface area contributed by atoms with Gasteiger partial charge in [-0.1, -0.05) is 5.16 Å². The predicted molar refractivity (Wildman–Crippen MR) is 42.8 cm³/mol. The van der Waals surface area contributed by atoms with Crippen LogP contribution in [0.5, 0.6) is 0 Å². The van der Waals surface area contributed by atoms with E-state index in [4.69, 9.17) is 4.52 Å². The van der Waals surface area contributed by atoms with Crippen LogP contribution in [0.25, 0.3) is 0 Å². The lowest BCUT2D eigenvalue weighted by molar-refractivity contribution is -0.0285. The summed E-state index contributed by atoms with van der Waals surface area (Å²) in [4.78, 5) is 0. The fourth-order valence-corrected chi connectivity index (χ4v) is 1.62. The molecule has 0 aliphatic heterocycles. The molecule has 0 atom stereocenters. The van der Waals surface area contributed by atoms with Crippen LogP contribution < -0.4 is 0 Å². The van der Waals surface area contributed by atoms with Crippen LogP contribution in [-0.2, 0) is 5.41 Å². The molecule has 0 N–H and O–H groups in total. The first-order chi connectivity index (χ1) is 5.96. The summed E-state index contributed by atoms with van der Waals surface area (Å²) >= 11 is 0. The molecular weight excluding hydrogens is 176 g/mol. The molecule has 4 heteroatoms. The molecule has 2 rings (SSSR count). The van der Waals surface area contributed by atoms with E-state index < -0.39 is 11.3 Å². The quantitative estimate of drug-likeness (QED) is 0.711. The van der Waals surface area contributed by atoms with Gasteiger partial charge in [0.2, 0.25) is 0 Å². The molecule has 1 aliphatic carbocycles. The zero-order chi connectivity index (χ0) is 9.69. The lowest BCUT2D eigenvalue weighted by Crippen LogP contribution is -2.29. The van der Waals surface area contributed by atoms with Gasteiger partial charge in [-0.25, -0.2) is 8.78 Å². The highest BCUT2D eigenvalue weighted by molar-refractivity contribution is 5.27. The van der Waals surface area contributed by atoms with Crippen LogP contribution in [0.15, 0.2) is 10.6 Å². The van der Waals surface area contributed by atoms with Crippen molar-refractivity contribution in [3.63, 3.8) is 0 Å². The molecule has 2 nitrogen and oxygen atoms in total. The van der Waals surface area contributed by atoms with Crippen LogP contribution >= 0.6 is 0 Å². The topological polar surface area (TPSA) is 26.0 Å². The lowest BCUT2D eigenvalue weighted by Gasteiger charge is -2.19. The number of aryl methyl sites for hydroxylation is 1. The smallest absolute Gasteiger partial charge is 0.258 e. The van der Waals surface area contributed by atoms with Crippen molar-refractivity contribution in [1.29, 1.82) is 0 Å². The van der Waals surface area contributed by atoms with E-state index in [1.807, 2.05) is 0 Å². The van der Waals surface area contributed by atoms with E-state index in [2.05, 4.69) is 5.16 Å². The van der Waals surface area contributed by atoms with E-state index in [0.717, 1.165) is 6.92 Å². The monoisotopic (exact) mass is 187 g/mol. The van der Waals surface area contributed by atoms with Gasteiger partial charge in [-0.15, -0.1) is 0 Å². The fraction of sp³-hybridized carbons (Fsp3) is 0.667. The predicted octanol–water partition coefficient (Wildman–Crippen LogP) is 2.67. The van der Waals surface area contributed by atoms with Crippen molar-refractivity contribution in [2.45, 2.75) is 38.0 Å². The van der Waals surface area contributed by atoms with Gasteiger partial charge in [0.1, 0.15) is 5.76 Å². The summed E-state index contributed by atoms with van der Waals surface area (Å²) in [6, 6.07) is 1.60. The van der Waals surface area contributed by atoms with Gasteiger partial charge in [-0.3, -0.25) is 0 Å². The number of nitrogens with zero attached hydrogens (tertiary/aromatic N) is 1. The molecule has 0 amide bonds. The van der Waals surface area contributed by atoms with E-state index >= 15 is 0 Å². The summed E-state index contributed by atoms with van der Waals surface area (Å²) in [7, 11) is 0. The van der Waals surface area contributed by atoms with Gasteiger partial charge < -0.3 is 4.52 Å². The van der Waals surface area contributed by atoms with E-state index in [9.17, 15) is 8.78 Å². The van der Waals surface area contributed by atoms with Crippen molar-refractivity contribution in [3.05, 3.63) is 17.5 Å². The average molecular weight is 187 g/mol. The second-order valence-electron chi connectivity index (χ2n) is 3.80. The van der Waals surface area contributed by atoms with Crippen LogP contribution in [0.4, 0.5) is 8.78 Å². The molecule has 1 aliphatic rings. The number of alkyl halides is 2. The number of halogens is 2. The lowest BCUT2D eigenvalue weighted by atomic mass is 9.96. The van der Waals surface area contributed by atoms with Crippen molar-refractivity contribution in [2.75, 3.05) is 0 Å². The largest absolute Gasteiger partial charge is 0.360 e. The normalized spacial score (nSPS) is 20.3. The summed E-state index contributed by atoms with van der Waals surface area (Å²) in [5.74, 6) is -2.38. The minimum Gasteiger partial charge on any atom is -0.360 e. The first kappa shape index (κ1) is 8.66. The van der Waals surface area contributed by atoms with Crippen LogP contribution in [0.3, 0.4) is 0 Å². The van der Waals surface area contributed by atoms with Gasteiger partial charge >= 0.3 is 0 Å². The third-order valence-electron chi connectivity index (χ3n) is 2.69. The third kappa shape index (κ3) is 1.16. The minimum absolute atomic E-state index is 0.331. The second-order valence-corrected chi connectivity index (χ2v) is 3.80. The van der Waals surface area contributed by atoms with E-state index in [-0.39, 0.29) is 0 Å². The molecule has 1 fully saturated rings. The number of rotatable bonds is 2. The second kappa shape index (κ2) is 2.30. The molecule has 72 valence electrons. The Labute approximate surface area is 74.9 Å². The Morgan fingerprint density at radius 1 is 1.54 bits per heavy atom. The molecule has 0 saturated heterocycles. The highest BCUT2D eigenvalue weighted by atomic mass is 19.3. The summed E-state index contributed by atoms with van der Waals surface area (Å²) in [5.41, 5.74) is -0.403.